The Bertz CT molecular complexity index is 688. The van der Waals surface area contributed by atoms with E-state index in [1.165, 1.54) is 5.56 Å². The molecule has 0 bridgehead atoms. The maximum Gasteiger partial charge on any atom is 0.155 e. The van der Waals surface area contributed by atoms with Crippen LogP contribution in [0.25, 0.3) is 16.9 Å². The van der Waals surface area contributed by atoms with Gasteiger partial charge in [0.1, 0.15) is 5.15 Å². The number of aryl methyl sites for hydroxylation is 1. The summed E-state index contributed by atoms with van der Waals surface area (Å²) < 4.78 is 1.70. The molecule has 0 radical (unpaired) electrons. The second kappa shape index (κ2) is 3.86. The molecule has 3 rings (SSSR count). The van der Waals surface area contributed by atoms with Gasteiger partial charge in [-0.15, -0.1) is 0 Å². The van der Waals surface area contributed by atoms with E-state index in [1.54, 1.807) is 10.7 Å². The van der Waals surface area contributed by atoms with Crippen LogP contribution >= 0.6 is 11.6 Å². The van der Waals surface area contributed by atoms with Crippen LogP contribution in [0.2, 0.25) is 5.15 Å². The highest BCUT2D eigenvalue weighted by Crippen LogP contribution is 2.21. The highest BCUT2D eigenvalue weighted by molar-refractivity contribution is 6.29. The fourth-order valence-corrected chi connectivity index (χ4v) is 2.04. The third-order valence-corrected chi connectivity index (χ3v) is 2.89. The van der Waals surface area contributed by atoms with Gasteiger partial charge in [-0.05, 0) is 24.6 Å². The molecule has 0 saturated carbocycles. The second-order valence-electron chi connectivity index (χ2n) is 3.90. The van der Waals surface area contributed by atoms with Crippen molar-refractivity contribution in [1.82, 2.24) is 14.6 Å². The first-order valence-corrected chi connectivity index (χ1v) is 5.70. The van der Waals surface area contributed by atoms with E-state index in [0.29, 0.717) is 5.15 Å². The molecule has 3 nitrogen and oxygen atoms in total. The number of rotatable bonds is 1. The van der Waals surface area contributed by atoms with E-state index < -0.39 is 0 Å². The van der Waals surface area contributed by atoms with Gasteiger partial charge in [-0.1, -0.05) is 35.9 Å². The monoisotopic (exact) mass is 243 g/mol. The van der Waals surface area contributed by atoms with Crippen LogP contribution in [0.3, 0.4) is 0 Å². The maximum atomic E-state index is 5.84. The van der Waals surface area contributed by atoms with Crippen LogP contribution in [0.4, 0.5) is 0 Å². The van der Waals surface area contributed by atoms with Gasteiger partial charge < -0.3 is 0 Å². The Morgan fingerprint density at radius 2 is 1.94 bits per heavy atom. The number of hydrogen-bond donors (Lipinski definition) is 0. The number of benzene rings is 1. The summed E-state index contributed by atoms with van der Waals surface area (Å²) in [6.07, 6.45) is 1.71. The summed E-state index contributed by atoms with van der Waals surface area (Å²) >= 11 is 5.84. The quantitative estimate of drug-likeness (QED) is 0.656. The lowest BCUT2D eigenvalue weighted by Gasteiger charge is -2.04. The summed E-state index contributed by atoms with van der Waals surface area (Å²) in [4.78, 5) is 4.14. The average molecular weight is 244 g/mol. The van der Waals surface area contributed by atoms with Crippen molar-refractivity contribution in [3.63, 3.8) is 0 Å². The molecule has 0 aliphatic rings. The van der Waals surface area contributed by atoms with E-state index in [-0.39, 0.29) is 0 Å². The minimum Gasteiger partial charge on any atom is -0.219 e. The molecule has 1 aromatic carbocycles. The SMILES string of the molecule is Cc1ccccc1-c1ccc2nc(Cl)cn2n1. The van der Waals surface area contributed by atoms with Gasteiger partial charge in [0, 0.05) is 5.56 Å². The maximum absolute atomic E-state index is 5.84. The number of imidazole rings is 1. The zero-order valence-corrected chi connectivity index (χ0v) is 10.0. The normalized spacial score (nSPS) is 10.9. The zero-order valence-electron chi connectivity index (χ0n) is 9.26. The van der Waals surface area contributed by atoms with Crippen molar-refractivity contribution in [3.05, 3.63) is 53.3 Å². The molecule has 0 aliphatic carbocycles. The second-order valence-corrected chi connectivity index (χ2v) is 4.29. The van der Waals surface area contributed by atoms with Crippen molar-refractivity contribution in [3.8, 4) is 11.3 Å². The largest absolute Gasteiger partial charge is 0.219 e. The third-order valence-electron chi connectivity index (χ3n) is 2.71. The molecule has 0 N–H and O–H groups in total. The number of nitrogens with zero attached hydrogens (tertiary/aromatic N) is 3. The van der Waals surface area contributed by atoms with Crippen LogP contribution in [-0.2, 0) is 0 Å². The van der Waals surface area contributed by atoms with Gasteiger partial charge in [-0.2, -0.15) is 5.10 Å². The third kappa shape index (κ3) is 1.78. The topological polar surface area (TPSA) is 30.2 Å². The van der Waals surface area contributed by atoms with Gasteiger partial charge in [-0.3, -0.25) is 0 Å². The van der Waals surface area contributed by atoms with Gasteiger partial charge in [0.2, 0.25) is 0 Å². The van der Waals surface area contributed by atoms with Crippen LogP contribution in [0.1, 0.15) is 5.56 Å². The molecular weight excluding hydrogens is 234 g/mol. The van der Waals surface area contributed by atoms with Gasteiger partial charge in [0.05, 0.1) is 11.9 Å². The van der Waals surface area contributed by atoms with Crippen molar-refractivity contribution >= 4 is 17.2 Å². The molecule has 2 heterocycles. The summed E-state index contributed by atoms with van der Waals surface area (Å²) in [5, 5.41) is 4.95. The summed E-state index contributed by atoms with van der Waals surface area (Å²) in [7, 11) is 0. The van der Waals surface area contributed by atoms with Crippen LogP contribution in [0.5, 0.6) is 0 Å². The van der Waals surface area contributed by atoms with E-state index in [0.717, 1.165) is 16.9 Å². The van der Waals surface area contributed by atoms with E-state index in [4.69, 9.17) is 11.6 Å². The van der Waals surface area contributed by atoms with Crippen LogP contribution in [0, 0.1) is 6.92 Å². The first kappa shape index (κ1) is 10.3. The number of fused-ring (bicyclic) bond motifs is 1. The van der Waals surface area contributed by atoms with Gasteiger partial charge >= 0.3 is 0 Å². The smallest absolute Gasteiger partial charge is 0.155 e. The van der Waals surface area contributed by atoms with E-state index >= 15 is 0 Å². The van der Waals surface area contributed by atoms with E-state index in [1.807, 2.05) is 24.3 Å². The molecule has 17 heavy (non-hydrogen) atoms. The number of halogens is 1. The Hall–Kier alpha value is -1.87. The van der Waals surface area contributed by atoms with Crippen LogP contribution in [-0.4, -0.2) is 14.6 Å². The number of hydrogen-bond acceptors (Lipinski definition) is 2. The molecule has 3 aromatic rings. The first-order valence-electron chi connectivity index (χ1n) is 5.32. The van der Waals surface area contributed by atoms with Crippen molar-refractivity contribution in [2.24, 2.45) is 0 Å². The highest BCUT2D eigenvalue weighted by Gasteiger charge is 2.05. The molecule has 2 aromatic heterocycles. The van der Waals surface area contributed by atoms with Crippen molar-refractivity contribution in [2.45, 2.75) is 6.92 Å². The number of aromatic nitrogens is 3. The zero-order chi connectivity index (χ0) is 11.8. The van der Waals surface area contributed by atoms with Crippen LogP contribution in [0.15, 0.2) is 42.6 Å². The van der Waals surface area contributed by atoms with Crippen molar-refractivity contribution < 1.29 is 0 Å². The predicted octanol–water partition coefficient (Wildman–Crippen LogP) is 3.36. The molecule has 4 heteroatoms. The summed E-state index contributed by atoms with van der Waals surface area (Å²) in [6, 6.07) is 12.0. The lowest BCUT2D eigenvalue weighted by Crippen LogP contribution is -1.94. The van der Waals surface area contributed by atoms with Gasteiger partial charge in [-0.25, -0.2) is 9.50 Å². The van der Waals surface area contributed by atoms with Crippen LogP contribution < -0.4 is 0 Å². The molecule has 0 spiro atoms. The minimum absolute atomic E-state index is 0.458. The Balaban J connectivity index is 2.21. The van der Waals surface area contributed by atoms with E-state index in [9.17, 15) is 0 Å². The van der Waals surface area contributed by atoms with Gasteiger partial charge in [0.25, 0.3) is 0 Å². The average Bonchev–Trinajstić information content (AvgIpc) is 2.68. The molecule has 0 amide bonds. The first-order chi connectivity index (χ1) is 8.24. The molecule has 84 valence electrons. The Kier molecular flexibility index (Phi) is 2.34. The molecule has 0 saturated heterocycles. The molecular formula is C13H10ClN3. The Morgan fingerprint density at radius 1 is 1.12 bits per heavy atom. The lowest BCUT2D eigenvalue weighted by atomic mass is 10.1. The fraction of sp³-hybridized carbons (Fsp3) is 0.0769. The summed E-state index contributed by atoms with van der Waals surface area (Å²) in [6.45, 7) is 2.07. The molecule has 0 aliphatic heterocycles. The predicted molar refractivity (Wildman–Crippen MR) is 68.2 cm³/mol. The van der Waals surface area contributed by atoms with Crippen molar-refractivity contribution in [1.29, 1.82) is 0 Å². The highest BCUT2D eigenvalue weighted by atomic mass is 35.5. The molecule has 0 unspecified atom stereocenters. The summed E-state index contributed by atoms with van der Waals surface area (Å²) in [5.41, 5.74) is 4.00. The fourth-order valence-electron chi connectivity index (χ4n) is 1.86. The molecule has 0 atom stereocenters. The Morgan fingerprint density at radius 3 is 2.76 bits per heavy atom. The van der Waals surface area contributed by atoms with E-state index in [2.05, 4.69) is 29.1 Å². The summed E-state index contributed by atoms with van der Waals surface area (Å²) in [5.74, 6) is 0. The van der Waals surface area contributed by atoms with Gasteiger partial charge in [0.15, 0.2) is 5.65 Å². The standard InChI is InChI=1S/C13H10ClN3/c1-9-4-2-3-5-10(9)11-6-7-13-15-12(14)8-17(13)16-11/h2-8H,1H3. The Labute approximate surface area is 104 Å². The van der Waals surface area contributed by atoms with Crippen molar-refractivity contribution in [2.75, 3.05) is 0 Å². The lowest BCUT2D eigenvalue weighted by molar-refractivity contribution is 0.941. The minimum atomic E-state index is 0.458. The molecule has 0 fully saturated rings.